The fourth-order valence-electron chi connectivity index (χ4n) is 3.61. The minimum absolute atomic E-state index is 0.0982. The fraction of sp³-hybridized carbons (Fsp3) is 0.435. The molecule has 1 atom stereocenters. The summed E-state index contributed by atoms with van der Waals surface area (Å²) in [4.78, 5) is 21.7. The number of alkyl halides is 1. The Morgan fingerprint density at radius 1 is 1.35 bits per heavy atom. The van der Waals surface area contributed by atoms with Crippen LogP contribution in [0.5, 0.6) is 0 Å². The van der Waals surface area contributed by atoms with Gasteiger partial charge in [0.15, 0.2) is 5.65 Å². The molecule has 1 unspecified atom stereocenters. The normalized spacial score (nSPS) is 15.6. The van der Waals surface area contributed by atoms with Crippen molar-refractivity contribution >= 4 is 17.2 Å². The summed E-state index contributed by atoms with van der Waals surface area (Å²) in [5.74, 6) is -0.503. The number of halogens is 1. The number of ether oxygens (including phenoxy) is 1. The molecule has 0 radical (unpaired) electrons. The van der Waals surface area contributed by atoms with Gasteiger partial charge in [-0.1, -0.05) is 0 Å². The van der Waals surface area contributed by atoms with Gasteiger partial charge in [0.05, 0.1) is 52.6 Å². The summed E-state index contributed by atoms with van der Waals surface area (Å²) in [6.45, 7) is 3.60. The Morgan fingerprint density at radius 3 is 2.82 bits per heavy atom. The van der Waals surface area contributed by atoms with Crippen molar-refractivity contribution in [3.05, 3.63) is 42.0 Å². The van der Waals surface area contributed by atoms with E-state index in [1.54, 1.807) is 18.5 Å². The molecule has 3 aromatic heterocycles. The van der Waals surface area contributed by atoms with E-state index in [1.807, 2.05) is 6.07 Å². The first-order valence-corrected chi connectivity index (χ1v) is 11.0. The third-order valence-electron chi connectivity index (χ3n) is 5.70. The molecule has 178 valence electrons. The molecular formula is C23H26FN7O3. The molecule has 34 heavy (non-hydrogen) atoms. The Hall–Kier alpha value is -3.62. The predicted molar refractivity (Wildman–Crippen MR) is 122 cm³/mol. The third kappa shape index (κ3) is 5.13. The van der Waals surface area contributed by atoms with Gasteiger partial charge in [-0.25, -0.2) is 13.9 Å². The number of nitriles is 1. The highest BCUT2D eigenvalue weighted by Crippen LogP contribution is 2.28. The Kier molecular flexibility index (Phi) is 6.72. The number of pyridine rings is 1. The van der Waals surface area contributed by atoms with E-state index in [0.717, 1.165) is 12.8 Å². The van der Waals surface area contributed by atoms with Crippen LogP contribution in [0, 0.1) is 11.3 Å². The number of anilines is 1. The molecule has 1 aliphatic rings. The van der Waals surface area contributed by atoms with Crippen molar-refractivity contribution in [1.29, 1.82) is 5.26 Å². The lowest BCUT2D eigenvalue weighted by molar-refractivity contribution is -0.00177. The molecule has 0 bridgehead atoms. The van der Waals surface area contributed by atoms with Crippen LogP contribution in [0.3, 0.4) is 0 Å². The van der Waals surface area contributed by atoms with Crippen LogP contribution in [0.4, 0.5) is 10.1 Å². The number of amides is 1. The Balaban J connectivity index is 1.65. The average molecular weight is 468 g/mol. The number of carbonyl (C=O) groups is 1. The van der Waals surface area contributed by atoms with E-state index in [2.05, 4.69) is 25.7 Å². The Morgan fingerprint density at radius 2 is 2.12 bits per heavy atom. The first kappa shape index (κ1) is 23.5. The van der Waals surface area contributed by atoms with Crippen LogP contribution in [0.25, 0.3) is 16.9 Å². The number of nitrogens with zero attached hydrogens (tertiary/aromatic N) is 5. The summed E-state index contributed by atoms with van der Waals surface area (Å²) in [5, 5.41) is 29.1. The van der Waals surface area contributed by atoms with Gasteiger partial charge in [0, 0.05) is 31.6 Å². The van der Waals surface area contributed by atoms with Crippen LogP contribution in [0.1, 0.15) is 42.6 Å². The SMILES string of the molecule is CC(C)(O)C(F)CNC(=O)c1cnc(-c2cnn3cc(C#N)cnc23)cc1NC1CCOCC1. The van der Waals surface area contributed by atoms with E-state index in [9.17, 15) is 14.3 Å². The van der Waals surface area contributed by atoms with Gasteiger partial charge in [0.1, 0.15) is 12.2 Å². The van der Waals surface area contributed by atoms with Gasteiger partial charge in [0.25, 0.3) is 5.91 Å². The number of aliphatic hydroxyl groups is 1. The Labute approximate surface area is 195 Å². The minimum Gasteiger partial charge on any atom is -0.387 e. The number of aromatic nitrogens is 4. The first-order valence-electron chi connectivity index (χ1n) is 11.0. The highest BCUT2D eigenvalue weighted by atomic mass is 19.1. The molecule has 4 heterocycles. The van der Waals surface area contributed by atoms with Crippen molar-refractivity contribution in [2.24, 2.45) is 0 Å². The predicted octanol–water partition coefficient (Wildman–Crippen LogP) is 2.09. The van der Waals surface area contributed by atoms with Gasteiger partial charge < -0.3 is 20.5 Å². The van der Waals surface area contributed by atoms with Crippen molar-refractivity contribution in [2.45, 2.75) is 44.5 Å². The number of hydrogen-bond donors (Lipinski definition) is 3. The zero-order chi connectivity index (χ0) is 24.3. The van der Waals surface area contributed by atoms with Crippen LogP contribution in [-0.2, 0) is 4.74 Å². The van der Waals surface area contributed by atoms with Crippen molar-refractivity contribution in [3.8, 4) is 17.3 Å². The number of carbonyl (C=O) groups excluding carboxylic acids is 1. The second-order valence-electron chi connectivity index (χ2n) is 8.76. The average Bonchev–Trinajstić information content (AvgIpc) is 3.25. The summed E-state index contributed by atoms with van der Waals surface area (Å²) in [6.07, 6.45) is 5.99. The van der Waals surface area contributed by atoms with Gasteiger partial charge in [-0.2, -0.15) is 10.4 Å². The van der Waals surface area contributed by atoms with Crippen LogP contribution < -0.4 is 10.6 Å². The second kappa shape index (κ2) is 9.70. The van der Waals surface area contributed by atoms with Gasteiger partial charge in [-0.3, -0.25) is 9.78 Å². The quantitative estimate of drug-likeness (QED) is 0.480. The van der Waals surface area contributed by atoms with Gasteiger partial charge in [0.2, 0.25) is 0 Å². The molecule has 4 rings (SSSR count). The summed E-state index contributed by atoms with van der Waals surface area (Å²) >= 11 is 0. The number of nitrogens with one attached hydrogen (secondary N) is 2. The van der Waals surface area contributed by atoms with Crippen molar-refractivity contribution < 1.29 is 19.0 Å². The molecule has 0 saturated carbocycles. The molecule has 1 amide bonds. The summed E-state index contributed by atoms with van der Waals surface area (Å²) < 4.78 is 21.1. The monoisotopic (exact) mass is 467 g/mol. The lowest BCUT2D eigenvalue weighted by Crippen LogP contribution is -2.42. The first-order chi connectivity index (χ1) is 16.3. The number of hydrogen-bond acceptors (Lipinski definition) is 8. The molecule has 0 spiro atoms. The van der Waals surface area contributed by atoms with E-state index in [4.69, 9.17) is 10.00 Å². The maximum atomic E-state index is 14.2. The molecular weight excluding hydrogens is 441 g/mol. The smallest absolute Gasteiger partial charge is 0.255 e. The number of fused-ring (bicyclic) bond motifs is 1. The lowest BCUT2D eigenvalue weighted by atomic mass is 10.0. The molecule has 1 fully saturated rings. The van der Waals surface area contributed by atoms with Crippen molar-refractivity contribution in [3.63, 3.8) is 0 Å². The molecule has 11 heteroatoms. The van der Waals surface area contributed by atoms with E-state index < -0.39 is 17.7 Å². The minimum atomic E-state index is -1.63. The van der Waals surface area contributed by atoms with Crippen LogP contribution in [0.15, 0.2) is 30.9 Å². The van der Waals surface area contributed by atoms with E-state index in [0.29, 0.717) is 41.4 Å². The summed E-state index contributed by atoms with van der Waals surface area (Å²) in [7, 11) is 0. The highest BCUT2D eigenvalue weighted by Gasteiger charge is 2.27. The maximum absolute atomic E-state index is 14.2. The van der Waals surface area contributed by atoms with Crippen LogP contribution in [-0.4, -0.2) is 68.2 Å². The molecule has 3 aromatic rings. The van der Waals surface area contributed by atoms with Crippen LogP contribution in [0.2, 0.25) is 0 Å². The van der Waals surface area contributed by atoms with E-state index in [1.165, 1.54) is 30.8 Å². The molecule has 0 aliphatic carbocycles. The van der Waals surface area contributed by atoms with Crippen LogP contribution >= 0.6 is 0 Å². The zero-order valence-electron chi connectivity index (χ0n) is 19.0. The molecule has 0 aromatic carbocycles. The lowest BCUT2D eigenvalue weighted by Gasteiger charge is -2.26. The fourth-order valence-corrected chi connectivity index (χ4v) is 3.61. The Bertz CT molecular complexity index is 1230. The third-order valence-corrected chi connectivity index (χ3v) is 5.70. The maximum Gasteiger partial charge on any atom is 0.255 e. The summed E-state index contributed by atoms with van der Waals surface area (Å²) in [5.41, 5.74) is 1.30. The largest absolute Gasteiger partial charge is 0.387 e. The second-order valence-corrected chi connectivity index (χ2v) is 8.76. The van der Waals surface area contributed by atoms with Gasteiger partial charge in [-0.15, -0.1) is 0 Å². The molecule has 10 nitrogen and oxygen atoms in total. The molecule has 3 N–H and O–H groups in total. The van der Waals surface area contributed by atoms with Gasteiger partial charge in [-0.05, 0) is 32.8 Å². The molecule has 1 aliphatic heterocycles. The van der Waals surface area contributed by atoms with E-state index in [-0.39, 0.29) is 18.2 Å². The number of rotatable bonds is 7. The molecule has 1 saturated heterocycles. The topological polar surface area (TPSA) is 137 Å². The van der Waals surface area contributed by atoms with Crippen molar-refractivity contribution in [1.82, 2.24) is 24.9 Å². The zero-order valence-corrected chi connectivity index (χ0v) is 19.0. The van der Waals surface area contributed by atoms with Crippen molar-refractivity contribution in [2.75, 3.05) is 25.1 Å². The van der Waals surface area contributed by atoms with E-state index >= 15 is 0 Å². The van der Waals surface area contributed by atoms with Gasteiger partial charge >= 0.3 is 0 Å². The standard InChI is InChI=1S/C23H26FN7O3/c1-23(2,33)20(24)12-28-22(32)17-10-26-18(7-19(17)30-15-3-5-34-6-4-15)16-11-29-31-13-14(8-25)9-27-21(16)31/h7,9-11,13,15,20,33H,3-6,12H2,1-2H3,(H,26,30)(H,28,32). The highest BCUT2D eigenvalue weighted by molar-refractivity contribution is 6.00. The summed E-state index contributed by atoms with van der Waals surface area (Å²) in [6, 6.07) is 3.86.